The summed E-state index contributed by atoms with van der Waals surface area (Å²) in [6.45, 7) is 1.23. The number of carbonyl (C=O) groups is 3. The van der Waals surface area contributed by atoms with Gasteiger partial charge in [0.2, 0.25) is 5.91 Å². The second-order valence-electron chi connectivity index (χ2n) is 4.44. The maximum Gasteiger partial charge on any atom is 0.280 e. The number of hydrazine groups is 1. The lowest BCUT2D eigenvalue weighted by Crippen LogP contribution is -2.51. The van der Waals surface area contributed by atoms with Crippen molar-refractivity contribution in [2.24, 2.45) is 0 Å². The van der Waals surface area contributed by atoms with Crippen molar-refractivity contribution >= 4 is 40.1 Å². The molecule has 0 saturated carbocycles. The summed E-state index contributed by atoms with van der Waals surface area (Å²) in [5.41, 5.74) is 2.92. The third-order valence-electron chi connectivity index (χ3n) is 3.12. The second kappa shape index (κ2) is 4.31. The first kappa shape index (κ1) is 12.6. The van der Waals surface area contributed by atoms with Crippen molar-refractivity contribution < 1.29 is 14.4 Å². The highest BCUT2D eigenvalue weighted by Gasteiger charge is 2.33. The highest BCUT2D eigenvalue weighted by atomic mass is 35.5. The number of benzene rings is 2. The third-order valence-corrected chi connectivity index (χ3v) is 3.45. The molecule has 0 bridgehead atoms. The molecule has 1 N–H and O–H groups in total. The molecule has 0 fully saturated rings. The minimum atomic E-state index is -0.564. The molecule has 0 radical (unpaired) electrons. The maximum atomic E-state index is 12.3. The summed E-state index contributed by atoms with van der Waals surface area (Å²) in [6.07, 6.45) is 0. The van der Waals surface area contributed by atoms with Crippen molar-refractivity contribution in [2.75, 3.05) is 0 Å². The summed E-state index contributed by atoms with van der Waals surface area (Å²) >= 11 is 6.09. The topological polar surface area (TPSA) is 66.5 Å². The number of halogens is 1. The fourth-order valence-electron chi connectivity index (χ4n) is 2.32. The molecule has 1 heterocycles. The zero-order valence-electron chi connectivity index (χ0n) is 10.4. The van der Waals surface area contributed by atoms with E-state index in [1.807, 2.05) is 0 Å². The number of nitrogens with zero attached hydrogens (tertiary/aromatic N) is 1. The molecule has 20 heavy (non-hydrogen) atoms. The normalized spacial score (nSPS) is 13.8. The highest BCUT2D eigenvalue weighted by molar-refractivity contribution is 6.38. The number of rotatable bonds is 1. The van der Waals surface area contributed by atoms with Crippen LogP contribution in [-0.2, 0) is 4.79 Å². The summed E-state index contributed by atoms with van der Waals surface area (Å²) < 4.78 is 0. The lowest BCUT2D eigenvalue weighted by molar-refractivity contribution is -0.122. The molecule has 1 aliphatic heterocycles. The Morgan fingerprint density at radius 3 is 2.40 bits per heavy atom. The predicted molar refractivity (Wildman–Crippen MR) is 73.3 cm³/mol. The van der Waals surface area contributed by atoms with Crippen molar-refractivity contribution in [3.05, 3.63) is 46.5 Å². The van der Waals surface area contributed by atoms with Crippen LogP contribution in [0.4, 0.5) is 0 Å². The van der Waals surface area contributed by atoms with Gasteiger partial charge in [0, 0.05) is 22.7 Å². The van der Waals surface area contributed by atoms with E-state index in [9.17, 15) is 14.4 Å². The molecule has 1 aliphatic rings. The van der Waals surface area contributed by atoms with E-state index in [0.29, 0.717) is 26.9 Å². The van der Waals surface area contributed by atoms with Crippen LogP contribution < -0.4 is 5.43 Å². The van der Waals surface area contributed by atoms with Crippen LogP contribution in [-0.4, -0.2) is 22.7 Å². The van der Waals surface area contributed by atoms with Gasteiger partial charge in [-0.3, -0.25) is 19.8 Å². The molecule has 3 rings (SSSR count). The molecule has 0 aliphatic carbocycles. The molecule has 0 unspecified atom stereocenters. The van der Waals surface area contributed by atoms with Crippen molar-refractivity contribution in [2.45, 2.75) is 6.92 Å². The molecule has 0 spiro atoms. The van der Waals surface area contributed by atoms with Crippen LogP contribution in [0.5, 0.6) is 0 Å². The second-order valence-corrected chi connectivity index (χ2v) is 4.84. The van der Waals surface area contributed by atoms with Crippen LogP contribution in [0.25, 0.3) is 10.8 Å². The van der Waals surface area contributed by atoms with Gasteiger partial charge in [0.25, 0.3) is 11.8 Å². The Balaban J connectivity index is 2.31. The lowest BCUT2D eigenvalue weighted by atomic mass is 9.95. The van der Waals surface area contributed by atoms with E-state index in [2.05, 4.69) is 5.43 Å². The summed E-state index contributed by atoms with van der Waals surface area (Å²) in [4.78, 5) is 35.7. The fraction of sp³-hybridized carbons (Fsp3) is 0.0714. The Hall–Kier alpha value is -2.40. The Bertz CT molecular complexity index is 763. The molecule has 6 heteroatoms. The summed E-state index contributed by atoms with van der Waals surface area (Å²) in [5.74, 6) is -1.62. The molecule has 0 saturated heterocycles. The summed E-state index contributed by atoms with van der Waals surface area (Å²) in [7, 11) is 0. The van der Waals surface area contributed by atoms with Gasteiger partial charge in [-0.1, -0.05) is 23.7 Å². The van der Waals surface area contributed by atoms with Crippen molar-refractivity contribution in [3.63, 3.8) is 0 Å². The van der Waals surface area contributed by atoms with Crippen LogP contribution in [0.15, 0.2) is 30.3 Å². The largest absolute Gasteiger partial charge is 0.280 e. The fourth-order valence-corrected chi connectivity index (χ4v) is 2.54. The van der Waals surface area contributed by atoms with Gasteiger partial charge in [-0.25, -0.2) is 0 Å². The van der Waals surface area contributed by atoms with E-state index in [0.717, 1.165) is 5.01 Å². The maximum absolute atomic E-state index is 12.3. The average Bonchev–Trinajstić information content (AvgIpc) is 2.42. The van der Waals surface area contributed by atoms with E-state index < -0.39 is 17.7 Å². The van der Waals surface area contributed by atoms with Gasteiger partial charge in [0.1, 0.15) is 0 Å². The Morgan fingerprint density at radius 1 is 1.10 bits per heavy atom. The standard InChI is InChI=1S/C14H9ClN2O3/c1-7(18)16-17-13(19)9-4-2-3-8-11(15)6-5-10(12(8)9)14(17)20/h2-6H,1H3,(H,16,18). The van der Waals surface area contributed by atoms with Crippen LogP contribution >= 0.6 is 11.6 Å². The van der Waals surface area contributed by atoms with Crippen LogP contribution in [0, 0.1) is 0 Å². The van der Waals surface area contributed by atoms with Crippen LogP contribution in [0.3, 0.4) is 0 Å². The smallest absolute Gasteiger partial charge is 0.274 e. The lowest BCUT2D eigenvalue weighted by Gasteiger charge is -2.26. The van der Waals surface area contributed by atoms with Crippen LogP contribution in [0.1, 0.15) is 27.6 Å². The third kappa shape index (κ3) is 1.67. The number of carbonyl (C=O) groups excluding carboxylic acids is 3. The molecular formula is C14H9ClN2O3. The highest BCUT2D eigenvalue weighted by Crippen LogP contribution is 2.33. The molecule has 2 aromatic rings. The quantitative estimate of drug-likeness (QED) is 0.818. The molecular weight excluding hydrogens is 280 g/mol. The number of amides is 3. The average molecular weight is 289 g/mol. The Kier molecular flexibility index (Phi) is 2.72. The van der Waals surface area contributed by atoms with Gasteiger partial charge in [-0.15, -0.1) is 0 Å². The van der Waals surface area contributed by atoms with E-state index in [-0.39, 0.29) is 0 Å². The van der Waals surface area contributed by atoms with Crippen molar-refractivity contribution in [1.82, 2.24) is 10.4 Å². The first-order chi connectivity index (χ1) is 9.50. The molecule has 100 valence electrons. The Morgan fingerprint density at radius 2 is 1.75 bits per heavy atom. The molecule has 0 atom stereocenters. The zero-order valence-corrected chi connectivity index (χ0v) is 11.2. The minimum absolute atomic E-state index is 0.341. The molecule has 2 aromatic carbocycles. The van der Waals surface area contributed by atoms with Gasteiger partial charge in [0.15, 0.2) is 0 Å². The van der Waals surface area contributed by atoms with E-state index >= 15 is 0 Å². The van der Waals surface area contributed by atoms with E-state index in [4.69, 9.17) is 11.6 Å². The van der Waals surface area contributed by atoms with Crippen LogP contribution in [0.2, 0.25) is 5.02 Å². The number of nitrogens with one attached hydrogen (secondary N) is 1. The molecule has 0 aromatic heterocycles. The predicted octanol–water partition coefficient (Wildman–Crippen LogP) is 2.14. The first-order valence-corrected chi connectivity index (χ1v) is 6.25. The monoisotopic (exact) mass is 288 g/mol. The van der Waals surface area contributed by atoms with Crippen molar-refractivity contribution in [1.29, 1.82) is 0 Å². The number of hydrogen-bond donors (Lipinski definition) is 1. The number of hydrogen-bond acceptors (Lipinski definition) is 3. The zero-order chi connectivity index (χ0) is 14.4. The van der Waals surface area contributed by atoms with Gasteiger partial charge in [0.05, 0.1) is 11.1 Å². The number of imide groups is 1. The summed E-state index contributed by atoms with van der Waals surface area (Å²) in [5, 5.41) is 2.37. The van der Waals surface area contributed by atoms with Gasteiger partial charge in [-0.05, 0) is 18.2 Å². The first-order valence-electron chi connectivity index (χ1n) is 5.88. The Labute approximate surface area is 119 Å². The van der Waals surface area contributed by atoms with E-state index in [1.165, 1.54) is 6.92 Å². The van der Waals surface area contributed by atoms with Crippen molar-refractivity contribution in [3.8, 4) is 0 Å². The molecule has 3 amide bonds. The molecule has 5 nitrogen and oxygen atoms in total. The summed E-state index contributed by atoms with van der Waals surface area (Å²) in [6, 6.07) is 8.19. The van der Waals surface area contributed by atoms with Gasteiger partial charge < -0.3 is 0 Å². The van der Waals surface area contributed by atoms with Gasteiger partial charge >= 0.3 is 0 Å². The minimum Gasteiger partial charge on any atom is -0.274 e. The van der Waals surface area contributed by atoms with E-state index in [1.54, 1.807) is 30.3 Å². The van der Waals surface area contributed by atoms with Gasteiger partial charge in [-0.2, -0.15) is 5.01 Å². The SMILES string of the molecule is CC(=O)NN1C(=O)c2cccc3c(Cl)ccc(c23)C1=O.